The van der Waals surface area contributed by atoms with Crippen molar-refractivity contribution in [1.82, 2.24) is 4.90 Å². The second kappa shape index (κ2) is 8.19. The van der Waals surface area contributed by atoms with Crippen LogP contribution in [-0.2, 0) is 24.2 Å². The zero-order valence-corrected chi connectivity index (χ0v) is 15.4. The molecule has 0 radical (unpaired) electrons. The molecule has 3 aromatic carbocycles. The molecule has 0 bridgehead atoms. The van der Waals surface area contributed by atoms with Gasteiger partial charge in [-0.1, -0.05) is 72.8 Å². The Labute approximate surface area is 160 Å². The molecule has 1 amide bonds. The zero-order valence-electron chi connectivity index (χ0n) is 15.4. The summed E-state index contributed by atoms with van der Waals surface area (Å²) in [5, 5.41) is 3.12. The number of nitrogens with one attached hydrogen (secondary N) is 1. The number of carbonyl (C=O) groups is 1. The predicted molar refractivity (Wildman–Crippen MR) is 110 cm³/mol. The SMILES string of the molecule is O=C(CN1CCc2ccccc2C1)Nc1ccccc1Cc1ccccc1. The smallest absolute Gasteiger partial charge is 0.238 e. The number of amides is 1. The summed E-state index contributed by atoms with van der Waals surface area (Å²) in [5.74, 6) is 0.0508. The first-order valence-electron chi connectivity index (χ1n) is 9.49. The van der Waals surface area contributed by atoms with E-state index >= 15 is 0 Å². The first-order valence-corrected chi connectivity index (χ1v) is 9.49. The lowest BCUT2D eigenvalue weighted by Gasteiger charge is -2.28. The van der Waals surface area contributed by atoms with Crippen molar-refractivity contribution in [3.63, 3.8) is 0 Å². The molecule has 27 heavy (non-hydrogen) atoms. The van der Waals surface area contributed by atoms with Gasteiger partial charge in [0.05, 0.1) is 6.54 Å². The largest absolute Gasteiger partial charge is 0.325 e. The molecule has 1 aliphatic heterocycles. The average Bonchev–Trinajstić information content (AvgIpc) is 2.70. The zero-order chi connectivity index (χ0) is 18.5. The second-order valence-electron chi connectivity index (χ2n) is 7.10. The molecule has 136 valence electrons. The number of fused-ring (bicyclic) bond motifs is 1. The van der Waals surface area contributed by atoms with Gasteiger partial charge in [0.15, 0.2) is 0 Å². The number of anilines is 1. The summed E-state index contributed by atoms with van der Waals surface area (Å²) in [7, 11) is 0. The summed E-state index contributed by atoms with van der Waals surface area (Å²) in [6, 6.07) is 26.9. The Morgan fingerprint density at radius 1 is 0.852 bits per heavy atom. The molecule has 3 nitrogen and oxygen atoms in total. The van der Waals surface area contributed by atoms with Gasteiger partial charge in [0.1, 0.15) is 0 Å². The van der Waals surface area contributed by atoms with Crippen LogP contribution in [0, 0.1) is 0 Å². The fraction of sp³-hybridized carbons (Fsp3) is 0.208. The van der Waals surface area contributed by atoms with Crippen molar-refractivity contribution in [2.75, 3.05) is 18.4 Å². The van der Waals surface area contributed by atoms with Crippen molar-refractivity contribution in [1.29, 1.82) is 0 Å². The summed E-state index contributed by atoms with van der Waals surface area (Å²) in [4.78, 5) is 14.9. The monoisotopic (exact) mass is 356 g/mol. The van der Waals surface area contributed by atoms with Gasteiger partial charge in [-0.25, -0.2) is 0 Å². The quantitative estimate of drug-likeness (QED) is 0.740. The van der Waals surface area contributed by atoms with Crippen molar-refractivity contribution < 1.29 is 4.79 Å². The van der Waals surface area contributed by atoms with Gasteiger partial charge in [0.2, 0.25) is 5.91 Å². The molecule has 0 spiro atoms. The van der Waals surface area contributed by atoms with Gasteiger partial charge in [0, 0.05) is 18.8 Å². The standard InChI is InChI=1S/C24H24N2O/c27-24(18-26-15-14-20-10-4-5-12-22(20)17-26)25-23-13-7-6-11-21(23)16-19-8-2-1-3-9-19/h1-13H,14-18H2,(H,25,27). The first kappa shape index (κ1) is 17.5. The fourth-order valence-corrected chi connectivity index (χ4v) is 3.69. The Kier molecular flexibility index (Phi) is 5.31. The lowest BCUT2D eigenvalue weighted by Crippen LogP contribution is -2.37. The van der Waals surface area contributed by atoms with Crippen LogP contribution in [0.1, 0.15) is 22.3 Å². The van der Waals surface area contributed by atoms with Crippen LogP contribution >= 0.6 is 0 Å². The fourth-order valence-electron chi connectivity index (χ4n) is 3.69. The van der Waals surface area contributed by atoms with Crippen LogP contribution < -0.4 is 5.32 Å². The topological polar surface area (TPSA) is 32.3 Å². The molecule has 0 fully saturated rings. The van der Waals surface area contributed by atoms with Gasteiger partial charge in [-0.3, -0.25) is 9.69 Å². The van der Waals surface area contributed by atoms with Crippen LogP contribution in [0.25, 0.3) is 0 Å². The van der Waals surface area contributed by atoms with Gasteiger partial charge in [0.25, 0.3) is 0 Å². The third-order valence-electron chi connectivity index (χ3n) is 5.11. The van der Waals surface area contributed by atoms with Gasteiger partial charge in [-0.05, 0) is 41.2 Å². The predicted octanol–water partition coefficient (Wildman–Crippen LogP) is 4.27. The second-order valence-corrected chi connectivity index (χ2v) is 7.10. The Hall–Kier alpha value is -2.91. The number of para-hydroxylation sites is 1. The van der Waals surface area contributed by atoms with Crippen LogP contribution in [0.2, 0.25) is 0 Å². The maximum absolute atomic E-state index is 12.6. The summed E-state index contributed by atoms with van der Waals surface area (Å²) < 4.78 is 0. The normalized spacial score (nSPS) is 13.8. The number of hydrogen-bond acceptors (Lipinski definition) is 2. The number of benzene rings is 3. The molecule has 1 N–H and O–H groups in total. The van der Waals surface area contributed by atoms with Crippen molar-refractivity contribution >= 4 is 11.6 Å². The van der Waals surface area contributed by atoms with E-state index < -0.39 is 0 Å². The van der Waals surface area contributed by atoms with E-state index in [2.05, 4.69) is 52.7 Å². The van der Waals surface area contributed by atoms with Crippen LogP contribution in [0.15, 0.2) is 78.9 Å². The molecule has 0 saturated heterocycles. The van der Waals surface area contributed by atoms with Crippen molar-refractivity contribution in [2.24, 2.45) is 0 Å². The summed E-state index contributed by atoms with van der Waals surface area (Å²) >= 11 is 0. The maximum atomic E-state index is 12.6. The van der Waals surface area contributed by atoms with Gasteiger partial charge < -0.3 is 5.32 Å². The minimum absolute atomic E-state index is 0.0508. The van der Waals surface area contributed by atoms with Crippen molar-refractivity contribution in [3.8, 4) is 0 Å². The Morgan fingerprint density at radius 2 is 1.56 bits per heavy atom. The third-order valence-corrected chi connectivity index (χ3v) is 5.11. The average molecular weight is 356 g/mol. The molecule has 0 aromatic heterocycles. The van der Waals surface area contributed by atoms with E-state index in [4.69, 9.17) is 0 Å². The lowest BCUT2D eigenvalue weighted by molar-refractivity contribution is -0.117. The Bertz CT molecular complexity index is 920. The maximum Gasteiger partial charge on any atom is 0.238 e. The summed E-state index contributed by atoms with van der Waals surface area (Å²) in [6.45, 7) is 2.19. The summed E-state index contributed by atoms with van der Waals surface area (Å²) in [5.41, 5.74) is 6.03. The highest BCUT2D eigenvalue weighted by molar-refractivity contribution is 5.93. The molecular weight excluding hydrogens is 332 g/mol. The highest BCUT2D eigenvalue weighted by atomic mass is 16.2. The molecular formula is C24H24N2O. The molecule has 3 heteroatoms. The van der Waals surface area contributed by atoms with Gasteiger partial charge in [-0.15, -0.1) is 0 Å². The Balaban J connectivity index is 1.40. The number of rotatable bonds is 5. The van der Waals surface area contributed by atoms with Crippen LogP contribution in [0.3, 0.4) is 0 Å². The van der Waals surface area contributed by atoms with Crippen LogP contribution in [0.5, 0.6) is 0 Å². The van der Waals surface area contributed by atoms with E-state index in [9.17, 15) is 4.79 Å². The van der Waals surface area contributed by atoms with E-state index in [1.807, 2.05) is 36.4 Å². The van der Waals surface area contributed by atoms with E-state index in [1.165, 1.54) is 16.7 Å². The highest BCUT2D eigenvalue weighted by Gasteiger charge is 2.18. The molecule has 0 atom stereocenters. The van der Waals surface area contributed by atoms with Gasteiger partial charge >= 0.3 is 0 Å². The number of hydrogen-bond donors (Lipinski definition) is 1. The molecule has 3 aromatic rings. The molecule has 0 saturated carbocycles. The van der Waals surface area contributed by atoms with E-state index in [0.717, 1.165) is 37.2 Å². The molecule has 1 aliphatic rings. The van der Waals surface area contributed by atoms with Gasteiger partial charge in [-0.2, -0.15) is 0 Å². The molecule has 4 rings (SSSR count). The number of carbonyl (C=O) groups excluding carboxylic acids is 1. The minimum Gasteiger partial charge on any atom is -0.325 e. The first-order chi connectivity index (χ1) is 13.3. The molecule has 0 unspecified atom stereocenters. The minimum atomic E-state index is 0.0508. The van der Waals surface area contributed by atoms with E-state index in [1.54, 1.807) is 0 Å². The summed E-state index contributed by atoms with van der Waals surface area (Å²) in [6.07, 6.45) is 1.82. The van der Waals surface area contributed by atoms with E-state index in [0.29, 0.717) is 6.54 Å². The molecule has 0 aliphatic carbocycles. The highest BCUT2D eigenvalue weighted by Crippen LogP contribution is 2.21. The van der Waals surface area contributed by atoms with Crippen LogP contribution in [-0.4, -0.2) is 23.9 Å². The van der Waals surface area contributed by atoms with E-state index in [-0.39, 0.29) is 5.91 Å². The van der Waals surface area contributed by atoms with Crippen LogP contribution in [0.4, 0.5) is 5.69 Å². The molecule has 1 heterocycles. The third kappa shape index (κ3) is 4.44. The Morgan fingerprint density at radius 3 is 2.41 bits per heavy atom. The van der Waals surface area contributed by atoms with Crippen molar-refractivity contribution in [3.05, 3.63) is 101 Å². The lowest BCUT2D eigenvalue weighted by atomic mass is 10.00. The van der Waals surface area contributed by atoms with Crippen molar-refractivity contribution in [2.45, 2.75) is 19.4 Å². The number of nitrogens with zero attached hydrogens (tertiary/aromatic N) is 1.